The van der Waals surface area contributed by atoms with Gasteiger partial charge in [-0.15, -0.1) is 6.58 Å². The van der Waals surface area contributed by atoms with Gasteiger partial charge in [0.05, 0.1) is 19.3 Å². The van der Waals surface area contributed by atoms with E-state index in [0.717, 1.165) is 12.0 Å². The zero-order chi connectivity index (χ0) is 12.7. The molecule has 0 atom stereocenters. The Labute approximate surface area is 102 Å². The molecular formula is C14H18O3. The summed E-state index contributed by atoms with van der Waals surface area (Å²) in [7, 11) is 1.55. The Bertz CT molecular complexity index is 396. The van der Waals surface area contributed by atoms with Crippen LogP contribution in [0.3, 0.4) is 0 Å². The Morgan fingerprint density at radius 3 is 2.71 bits per heavy atom. The first-order chi connectivity index (χ1) is 8.15. The van der Waals surface area contributed by atoms with E-state index in [9.17, 15) is 4.79 Å². The van der Waals surface area contributed by atoms with Gasteiger partial charge in [0.25, 0.3) is 0 Å². The number of rotatable bonds is 7. The lowest BCUT2D eigenvalue weighted by molar-refractivity contribution is 0.0762. The monoisotopic (exact) mass is 234 g/mol. The maximum atomic E-state index is 11.8. The second kappa shape index (κ2) is 6.86. The van der Waals surface area contributed by atoms with Crippen molar-refractivity contribution < 1.29 is 14.3 Å². The van der Waals surface area contributed by atoms with Crippen molar-refractivity contribution in [2.75, 3.05) is 20.3 Å². The lowest BCUT2D eigenvalue weighted by Gasteiger charge is -2.07. The summed E-state index contributed by atoms with van der Waals surface area (Å²) < 4.78 is 10.4. The normalized spacial score (nSPS) is 10.0. The van der Waals surface area contributed by atoms with E-state index in [4.69, 9.17) is 9.47 Å². The van der Waals surface area contributed by atoms with E-state index in [-0.39, 0.29) is 12.4 Å². The number of benzene rings is 1. The van der Waals surface area contributed by atoms with E-state index in [1.165, 1.54) is 0 Å². The molecular weight excluding hydrogens is 216 g/mol. The van der Waals surface area contributed by atoms with Crippen molar-refractivity contribution in [1.29, 1.82) is 0 Å². The minimum absolute atomic E-state index is 0.0656. The SMILES string of the molecule is C=C(C)CCOCC(=O)c1ccccc1OC. The van der Waals surface area contributed by atoms with E-state index in [0.29, 0.717) is 17.9 Å². The molecule has 0 radical (unpaired) electrons. The van der Waals surface area contributed by atoms with Crippen LogP contribution >= 0.6 is 0 Å². The van der Waals surface area contributed by atoms with Crippen LogP contribution in [-0.4, -0.2) is 26.1 Å². The van der Waals surface area contributed by atoms with Crippen LogP contribution in [0, 0.1) is 0 Å². The van der Waals surface area contributed by atoms with Gasteiger partial charge >= 0.3 is 0 Å². The second-order valence-electron chi connectivity index (χ2n) is 3.88. The minimum Gasteiger partial charge on any atom is -0.496 e. The molecule has 0 N–H and O–H groups in total. The number of Topliss-reactive ketones (excluding diaryl/α,β-unsaturated/α-hetero) is 1. The number of carbonyl (C=O) groups is 1. The molecule has 0 unspecified atom stereocenters. The van der Waals surface area contributed by atoms with Gasteiger partial charge in [-0.05, 0) is 25.5 Å². The van der Waals surface area contributed by atoms with Crippen LogP contribution in [0.1, 0.15) is 23.7 Å². The van der Waals surface area contributed by atoms with Crippen molar-refractivity contribution >= 4 is 5.78 Å². The summed E-state index contributed by atoms with van der Waals surface area (Å²) >= 11 is 0. The van der Waals surface area contributed by atoms with E-state index >= 15 is 0 Å². The summed E-state index contributed by atoms with van der Waals surface area (Å²) in [6, 6.07) is 7.14. The van der Waals surface area contributed by atoms with E-state index in [2.05, 4.69) is 6.58 Å². The summed E-state index contributed by atoms with van der Waals surface area (Å²) in [5.41, 5.74) is 1.61. The first-order valence-electron chi connectivity index (χ1n) is 5.53. The largest absolute Gasteiger partial charge is 0.496 e. The molecule has 3 heteroatoms. The molecule has 0 spiro atoms. The highest BCUT2D eigenvalue weighted by Gasteiger charge is 2.11. The van der Waals surface area contributed by atoms with Gasteiger partial charge in [0.15, 0.2) is 5.78 Å². The highest BCUT2D eigenvalue weighted by molar-refractivity contribution is 5.99. The average Bonchev–Trinajstić information content (AvgIpc) is 2.34. The third-order valence-electron chi connectivity index (χ3n) is 2.31. The van der Waals surface area contributed by atoms with Crippen LogP contribution in [0.15, 0.2) is 36.4 Å². The molecule has 0 aromatic heterocycles. The standard InChI is InChI=1S/C14H18O3/c1-11(2)8-9-17-10-13(15)12-6-4-5-7-14(12)16-3/h4-7H,1,8-10H2,2-3H3. The van der Waals surface area contributed by atoms with Gasteiger partial charge in [-0.3, -0.25) is 4.79 Å². The molecule has 0 fully saturated rings. The first-order valence-corrected chi connectivity index (χ1v) is 5.53. The van der Waals surface area contributed by atoms with Crippen molar-refractivity contribution in [3.05, 3.63) is 42.0 Å². The van der Waals surface area contributed by atoms with Crippen molar-refractivity contribution in [2.24, 2.45) is 0 Å². The molecule has 0 aliphatic carbocycles. The summed E-state index contributed by atoms with van der Waals surface area (Å²) in [4.78, 5) is 11.8. The van der Waals surface area contributed by atoms with E-state index < -0.39 is 0 Å². The quantitative estimate of drug-likeness (QED) is 0.413. The van der Waals surface area contributed by atoms with Crippen LogP contribution in [-0.2, 0) is 4.74 Å². The molecule has 0 amide bonds. The van der Waals surface area contributed by atoms with Crippen LogP contribution in [0.5, 0.6) is 5.75 Å². The molecule has 92 valence electrons. The average molecular weight is 234 g/mol. The van der Waals surface area contributed by atoms with Gasteiger partial charge in [0, 0.05) is 0 Å². The Morgan fingerprint density at radius 2 is 2.06 bits per heavy atom. The molecule has 0 bridgehead atoms. The molecule has 1 aromatic carbocycles. The number of ketones is 1. The molecule has 0 heterocycles. The Morgan fingerprint density at radius 1 is 1.35 bits per heavy atom. The number of hydrogen-bond donors (Lipinski definition) is 0. The summed E-state index contributed by atoms with van der Waals surface area (Å²) in [6.45, 7) is 6.31. The number of para-hydroxylation sites is 1. The maximum absolute atomic E-state index is 11.8. The van der Waals surface area contributed by atoms with E-state index in [1.807, 2.05) is 19.1 Å². The number of methoxy groups -OCH3 is 1. The van der Waals surface area contributed by atoms with E-state index in [1.54, 1.807) is 19.2 Å². The smallest absolute Gasteiger partial charge is 0.192 e. The molecule has 0 saturated carbocycles. The van der Waals surface area contributed by atoms with Crippen molar-refractivity contribution in [3.63, 3.8) is 0 Å². The lowest BCUT2D eigenvalue weighted by Crippen LogP contribution is -2.11. The molecule has 0 aliphatic rings. The van der Waals surface area contributed by atoms with Crippen LogP contribution in [0.2, 0.25) is 0 Å². The summed E-state index contributed by atoms with van der Waals surface area (Å²) in [5.74, 6) is 0.519. The Hall–Kier alpha value is -1.61. The van der Waals surface area contributed by atoms with Crippen LogP contribution < -0.4 is 4.74 Å². The molecule has 0 aliphatic heterocycles. The van der Waals surface area contributed by atoms with Crippen LogP contribution in [0.25, 0.3) is 0 Å². The summed E-state index contributed by atoms with van der Waals surface area (Å²) in [6.07, 6.45) is 0.777. The Kier molecular flexibility index (Phi) is 5.43. The van der Waals surface area contributed by atoms with Crippen molar-refractivity contribution in [2.45, 2.75) is 13.3 Å². The third kappa shape index (κ3) is 4.41. The zero-order valence-corrected chi connectivity index (χ0v) is 10.4. The fourth-order valence-corrected chi connectivity index (χ4v) is 1.36. The van der Waals surface area contributed by atoms with Gasteiger partial charge in [-0.25, -0.2) is 0 Å². The fraction of sp³-hybridized carbons (Fsp3) is 0.357. The second-order valence-corrected chi connectivity index (χ2v) is 3.88. The molecule has 0 saturated heterocycles. The van der Waals surface area contributed by atoms with Crippen LogP contribution in [0.4, 0.5) is 0 Å². The lowest BCUT2D eigenvalue weighted by atomic mass is 10.1. The van der Waals surface area contributed by atoms with Gasteiger partial charge in [-0.2, -0.15) is 0 Å². The highest BCUT2D eigenvalue weighted by Crippen LogP contribution is 2.17. The number of carbonyl (C=O) groups excluding carboxylic acids is 1. The Balaban J connectivity index is 2.49. The highest BCUT2D eigenvalue weighted by atomic mass is 16.5. The predicted octanol–water partition coefficient (Wildman–Crippen LogP) is 2.86. The maximum Gasteiger partial charge on any atom is 0.192 e. The van der Waals surface area contributed by atoms with Gasteiger partial charge < -0.3 is 9.47 Å². The zero-order valence-electron chi connectivity index (χ0n) is 10.4. The van der Waals surface area contributed by atoms with Gasteiger partial charge in [0.2, 0.25) is 0 Å². The fourth-order valence-electron chi connectivity index (χ4n) is 1.36. The first kappa shape index (κ1) is 13.5. The van der Waals surface area contributed by atoms with Gasteiger partial charge in [-0.1, -0.05) is 17.7 Å². The van der Waals surface area contributed by atoms with Gasteiger partial charge in [0.1, 0.15) is 12.4 Å². The number of ether oxygens (including phenoxy) is 2. The topological polar surface area (TPSA) is 35.5 Å². The summed E-state index contributed by atoms with van der Waals surface area (Å²) in [5, 5.41) is 0. The third-order valence-corrected chi connectivity index (χ3v) is 2.31. The molecule has 17 heavy (non-hydrogen) atoms. The molecule has 3 nitrogen and oxygen atoms in total. The number of hydrogen-bond acceptors (Lipinski definition) is 3. The van der Waals surface area contributed by atoms with Crippen molar-refractivity contribution in [1.82, 2.24) is 0 Å². The molecule has 1 aromatic rings. The van der Waals surface area contributed by atoms with Crippen molar-refractivity contribution in [3.8, 4) is 5.75 Å². The minimum atomic E-state index is -0.0656. The predicted molar refractivity (Wildman–Crippen MR) is 67.6 cm³/mol. The molecule has 1 rings (SSSR count).